The molecule has 1 aromatic heterocycles. The van der Waals surface area contributed by atoms with Crippen molar-refractivity contribution in [3.8, 4) is 11.4 Å². The third kappa shape index (κ3) is 4.44. The first kappa shape index (κ1) is 18.0. The first-order valence-corrected chi connectivity index (χ1v) is 8.89. The average Bonchev–Trinajstić information content (AvgIpc) is 3.09. The second-order valence-electron chi connectivity index (χ2n) is 6.68. The number of piperidine rings is 1. The Bertz CT molecular complexity index is 771. The number of aliphatic carboxylic acids is 1. The fourth-order valence-corrected chi connectivity index (χ4v) is 3.26. The van der Waals surface area contributed by atoms with Crippen molar-refractivity contribution >= 4 is 11.9 Å². The number of likely N-dealkylation sites (tertiary alicyclic amines) is 1. The van der Waals surface area contributed by atoms with Crippen LogP contribution in [0.15, 0.2) is 24.3 Å². The summed E-state index contributed by atoms with van der Waals surface area (Å²) < 4.78 is 0. The second-order valence-corrected chi connectivity index (χ2v) is 6.68. The molecule has 0 saturated carbocycles. The molecule has 0 spiro atoms. The van der Waals surface area contributed by atoms with Crippen LogP contribution in [0.25, 0.3) is 11.4 Å². The quantitative estimate of drug-likeness (QED) is 0.847. The molecule has 1 aliphatic rings. The molecule has 1 aliphatic heterocycles. The van der Waals surface area contributed by atoms with Crippen LogP contribution in [-0.4, -0.2) is 54.7 Å². The molecule has 3 rings (SSSR count). The third-order valence-corrected chi connectivity index (χ3v) is 4.68. The summed E-state index contributed by atoms with van der Waals surface area (Å²) in [6.45, 7) is 2.68. The molecule has 8 heteroatoms. The number of hydrogen-bond acceptors (Lipinski definition) is 5. The molecule has 0 radical (unpaired) electrons. The minimum absolute atomic E-state index is 0.0163. The van der Waals surface area contributed by atoms with Crippen LogP contribution >= 0.6 is 0 Å². The Morgan fingerprint density at radius 2 is 2.00 bits per heavy atom. The molecule has 2 aromatic rings. The number of tetrazole rings is 1. The molecule has 0 bridgehead atoms. The molecule has 1 amide bonds. The van der Waals surface area contributed by atoms with E-state index in [1.807, 2.05) is 31.2 Å². The number of aryl methyl sites for hydroxylation is 1. The van der Waals surface area contributed by atoms with Gasteiger partial charge in [-0.15, -0.1) is 10.2 Å². The Hall–Kier alpha value is -2.77. The summed E-state index contributed by atoms with van der Waals surface area (Å²) in [4.78, 5) is 26.6. The third-order valence-electron chi connectivity index (χ3n) is 4.68. The van der Waals surface area contributed by atoms with Crippen molar-refractivity contribution < 1.29 is 14.7 Å². The van der Waals surface area contributed by atoms with Gasteiger partial charge in [-0.1, -0.05) is 29.8 Å². The smallest absolute Gasteiger partial charge is 0.303 e. The number of carboxylic acids is 1. The normalized spacial score (nSPS) is 17.3. The van der Waals surface area contributed by atoms with E-state index in [1.165, 1.54) is 4.80 Å². The van der Waals surface area contributed by atoms with Gasteiger partial charge >= 0.3 is 5.97 Å². The Morgan fingerprint density at radius 3 is 2.73 bits per heavy atom. The molecule has 26 heavy (non-hydrogen) atoms. The van der Waals surface area contributed by atoms with Crippen LogP contribution in [0, 0.1) is 6.92 Å². The predicted octanol–water partition coefficient (Wildman–Crippen LogP) is 1.89. The van der Waals surface area contributed by atoms with Crippen LogP contribution in [0.3, 0.4) is 0 Å². The number of hydrogen-bond donors (Lipinski definition) is 1. The molecule has 1 unspecified atom stereocenters. The number of carbonyl (C=O) groups is 2. The Balaban J connectivity index is 1.65. The van der Waals surface area contributed by atoms with E-state index in [0.717, 1.165) is 30.4 Å². The first-order valence-electron chi connectivity index (χ1n) is 8.89. The summed E-state index contributed by atoms with van der Waals surface area (Å²) in [6.07, 6.45) is 3.37. The van der Waals surface area contributed by atoms with Crippen LogP contribution in [-0.2, 0) is 16.1 Å². The first-order chi connectivity index (χ1) is 12.5. The van der Waals surface area contributed by atoms with Crippen LogP contribution in [0.1, 0.15) is 37.7 Å². The van der Waals surface area contributed by atoms with Gasteiger partial charge in [-0.3, -0.25) is 9.59 Å². The van der Waals surface area contributed by atoms with Gasteiger partial charge in [-0.25, -0.2) is 0 Å². The lowest BCUT2D eigenvalue weighted by molar-refractivity contribution is -0.140. The fraction of sp³-hybridized carbons (Fsp3) is 0.500. The number of nitrogens with zero attached hydrogens (tertiary/aromatic N) is 5. The summed E-state index contributed by atoms with van der Waals surface area (Å²) in [6, 6.07) is 7.77. The van der Waals surface area contributed by atoms with Gasteiger partial charge in [0.2, 0.25) is 11.7 Å². The van der Waals surface area contributed by atoms with E-state index in [2.05, 4.69) is 15.4 Å². The second kappa shape index (κ2) is 8.07. The zero-order chi connectivity index (χ0) is 18.5. The number of aromatic nitrogens is 4. The van der Waals surface area contributed by atoms with Crippen LogP contribution in [0.4, 0.5) is 0 Å². The number of carboxylic acid groups (broad SMARTS) is 1. The highest BCUT2D eigenvalue weighted by molar-refractivity contribution is 5.76. The van der Waals surface area contributed by atoms with E-state index in [4.69, 9.17) is 5.11 Å². The lowest BCUT2D eigenvalue weighted by Crippen LogP contribution is -2.45. The monoisotopic (exact) mass is 357 g/mol. The van der Waals surface area contributed by atoms with Gasteiger partial charge < -0.3 is 10.0 Å². The summed E-state index contributed by atoms with van der Waals surface area (Å²) in [5.41, 5.74) is 2.00. The Labute approximate surface area is 151 Å². The lowest BCUT2D eigenvalue weighted by Gasteiger charge is -2.35. The number of benzene rings is 1. The minimum atomic E-state index is -0.830. The molecular weight excluding hydrogens is 334 g/mol. The van der Waals surface area contributed by atoms with Gasteiger partial charge in [0.1, 0.15) is 6.54 Å². The van der Waals surface area contributed by atoms with Gasteiger partial charge in [0.15, 0.2) is 0 Å². The largest absolute Gasteiger partial charge is 0.481 e. The maximum atomic E-state index is 12.7. The van der Waals surface area contributed by atoms with E-state index >= 15 is 0 Å². The van der Waals surface area contributed by atoms with Crippen molar-refractivity contribution in [2.45, 2.75) is 51.6 Å². The van der Waals surface area contributed by atoms with Crippen molar-refractivity contribution in [1.82, 2.24) is 25.1 Å². The van der Waals surface area contributed by atoms with Crippen molar-refractivity contribution in [1.29, 1.82) is 0 Å². The minimum Gasteiger partial charge on any atom is -0.481 e. The van der Waals surface area contributed by atoms with E-state index < -0.39 is 5.97 Å². The lowest BCUT2D eigenvalue weighted by atomic mass is 9.98. The predicted molar refractivity (Wildman–Crippen MR) is 94.2 cm³/mol. The Morgan fingerprint density at radius 1 is 1.23 bits per heavy atom. The average molecular weight is 357 g/mol. The molecule has 2 heterocycles. The molecule has 1 atom stereocenters. The zero-order valence-electron chi connectivity index (χ0n) is 14.8. The molecule has 1 aromatic carbocycles. The fourth-order valence-electron chi connectivity index (χ4n) is 3.26. The molecule has 8 nitrogen and oxygen atoms in total. The molecule has 1 fully saturated rings. The van der Waals surface area contributed by atoms with E-state index in [9.17, 15) is 9.59 Å². The van der Waals surface area contributed by atoms with E-state index in [0.29, 0.717) is 18.8 Å². The molecule has 138 valence electrons. The maximum Gasteiger partial charge on any atom is 0.303 e. The van der Waals surface area contributed by atoms with Crippen LogP contribution in [0.2, 0.25) is 0 Å². The summed E-state index contributed by atoms with van der Waals surface area (Å²) >= 11 is 0. The van der Waals surface area contributed by atoms with Crippen LogP contribution < -0.4 is 0 Å². The van der Waals surface area contributed by atoms with Crippen molar-refractivity contribution in [3.63, 3.8) is 0 Å². The van der Waals surface area contributed by atoms with Crippen molar-refractivity contribution in [3.05, 3.63) is 29.8 Å². The molecular formula is C18H23N5O3. The van der Waals surface area contributed by atoms with E-state index in [1.54, 1.807) is 4.90 Å². The van der Waals surface area contributed by atoms with Gasteiger partial charge in [0, 0.05) is 24.6 Å². The maximum absolute atomic E-state index is 12.7. The van der Waals surface area contributed by atoms with Gasteiger partial charge in [0.05, 0.1) is 0 Å². The molecule has 1 N–H and O–H groups in total. The summed E-state index contributed by atoms with van der Waals surface area (Å²) in [5.74, 6) is -0.435. The number of carbonyl (C=O) groups excluding carboxylic acids is 1. The molecule has 0 aliphatic carbocycles. The topological polar surface area (TPSA) is 101 Å². The van der Waals surface area contributed by atoms with Crippen LogP contribution in [0.5, 0.6) is 0 Å². The standard InChI is InChI=1S/C18H23N5O3/c1-13-5-7-14(8-6-13)18-19-21-23(20-18)12-16(24)22-11-3-2-4-15(22)9-10-17(25)26/h5-8,15H,2-4,9-12H2,1H3,(H,25,26). The highest BCUT2D eigenvalue weighted by Gasteiger charge is 2.27. The summed E-state index contributed by atoms with van der Waals surface area (Å²) in [5, 5.41) is 21.2. The highest BCUT2D eigenvalue weighted by Crippen LogP contribution is 2.21. The van der Waals surface area contributed by atoms with E-state index in [-0.39, 0.29) is 24.9 Å². The van der Waals surface area contributed by atoms with Gasteiger partial charge in [-0.05, 0) is 37.8 Å². The van der Waals surface area contributed by atoms with Gasteiger partial charge in [0.25, 0.3) is 0 Å². The van der Waals surface area contributed by atoms with Crippen molar-refractivity contribution in [2.75, 3.05) is 6.54 Å². The number of amides is 1. The molecule has 1 saturated heterocycles. The van der Waals surface area contributed by atoms with Gasteiger partial charge in [-0.2, -0.15) is 4.80 Å². The summed E-state index contributed by atoms with van der Waals surface area (Å²) in [7, 11) is 0. The number of rotatable bonds is 6. The SMILES string of the molecule is Cc1ccc(-c2nnn(CC(=O)N3CCCCC3CCC(=O)O)n2)cc1. The zero-order valence-corrected chi connectivity index (χ0v) is 14.8. The Kier molecular flexibility index (Phi) is 5.60. The van der Waals surface area contributed by atoms with Crippen molar-refractivity contribution in [2.24, 2.45) is 0 Å². The highest BCUT2D eigenvalue weighted by atomic mass is 16.4.